The summed E-state index contributed by atoms with van der Waals surface area (Å²) < 4.78 is 10.7. The van der Waals surface area contributed by atoms with E-state index in [9.17, 15) is 14.7 Å². The fourth-order valence-corrected chi connectivity index (χ4v) is 7.30. The van der Waals surface area contributed by atoms with Crippen LogP contribution in [-0.4, -0.2) is 50.7 Å². The molecule has 1 saturated heterocycles. The molecule has 1 amide bonds. The molecule has 5 aliphatic rings. The van der Waals surface area contributed by atoms with Crippen LogP contribution in [0.25, 0.3) is 11.4 Å². The number of carbonyl (C=O) groups is 2. The lowest BCUT2D eigenvalue weighted by atomic mass is 9.49. The van der Waals surface area contributed by atoms with Gasteiger partial charge in [-0.05, 0) is 63.2 Å². The number of benzene rings is 1. The van der Waals surface area contributed by atoms with E-state index in [-0.39, 0.29) is 36.8 Å². The van der Waals surface area contributed by atoms with E-state index in [1.54, 1.807) is 4.90 Å². The van der Waals surface area contributed by atoms with Crippen molar-refractivity contribution in [3.8, 4) is 11.4 Å². The zero-order chi connectivity index (χ0) is 23.4. The first-order chi connectivity index (χ1) is 16.4. The van der Waals surface area contributed by atoms with Crippen molar-refractivity contribution < 1.29 is 24.0 Å². The maximum Gasteiger partial charge on any atom is 0.329 e. The van der Waals surface area contributed by atoms with Crippen molar-refractivity contribution in [3.63, 3.8) is 0 Å². The number of rotatable bonds is 5. The Morgan fingerprint density at radius 2 is 1.74 bits per heavy atom. The lowest BCUT2D eigenvalue weighted by molar-refractivity contribution is -0.166. The molecule has 180 valence electrons. The Bertz CT molecular complexity index is 1060. The Hall–Kier alpha value is -2.74. The van der Waals surface area contributed by atoms with E-state index in [1.807, 2.05) is 31.2 Å². The molecule has 1 unspecified atom stereocenters. The second-order valence-corrected chi connectivity index (χ2v) is 11.0. The average Bonchev–Trinajstić information content (AvgIpc) is 3.43. The highest BCUT2D eigenvalue weighted by atomic mass is 16.6. The van der Waals surface area contributed by atoms with Crippen LogP contribution in [0.3, 0.4) is 0 Å². The van der Waals surface area contributed by atoms with Gasteiger partial charge in [-0.3, -0.25) is 4.79 Å². The summed E-state index contributed by atoms with van der Waals surface area (Å²) in [5, 5.41) is 14.3. The average molecular weight is 466 g/mol. The molecule has 8 nitrogen and oxygen atoms in total. The maximum atomic E-state index is 13.8. The Kier molecular flexibility index (Phi) is 5.24. The van der Waals surface area contributed by atoms with Gasteiger partial charge in [0.1, 0.15) is 6.04 Å². The van der Waals surface area contributed by atoms with Crippen molar-refractivity contribution in [1.82, 2.24) is 15.0 Å². The number of nitrogens with zero attached hydrogens (tertiary/aromatic N) is 3. The number of carbonyl (C=O) groups excluding carboxylic acids is 2. The van der Waals surface area contributed by atoms with Crippen molar-refractivity contribution in [2.24, 2.45) is 23.2 Å². The molecule has 1 N–H and O–H groups in total. The molecule has 4 bridgehead atoms. The topological polar surface area (TPSA) is 106 Å². The van der Waals surface area contributed by atoms with E-state index in [0.29, 0.717) is 23.6 Å². The van der Waals surface area contributed by atoms with Crippen molar-refractivity contribution in [2.75, 3.05) is 6.54 Å². The predicted octanol–water partition coefficient (Wildman–Crippen LogP) is 3.27. The van der Waals surface area contributed by atoms with Gasteiger partial charge in [-0.1, -0.05) is 35.0 Å². The quantitative estimate of drug-likeness (QED) is 0.676. The van der Waals surface area contributed by atoms with Gasteiger partial charge in [0.05, 0.1) is 11.5 Å². The number of hydrogen-bond donors (Lipinski definition) is 1. The van der Waals surface area contributed by atoms with Gasteiger partial charge in [0, 0.05) is 18.5 Å². The van der Waals surface area contributed by atoms with Crippen LogP contribution < -0.4 is 0 Å². The van der Waals surface area contributed by atoms with Crippen LogP contribution >= 0.6 is 0 Å². The fraction of sp³-hybridized carbons (Fsp3) is 0.615. The summed E-state index contributed by atoms with van der Waals surface area (Å²) in [6.07, 6.45) is 6.00. The normalized spacial score (nSPS) is 33.9. The van der Waals surface area contributed by atoms with E-state index in [2.05, 4.69) is 10.1 Å². The van der Waals surface area contributed by atoms with Crippen LogP contribution in [0.15, 0.2) is 28.8 Å². The van der Waals surface area contributed by atoms with E-state index < -0.39 is 18.1 Å². The van der Waals surface area contributed by atoms with Gasteiger partial charge in [-0.25, -0.2) is 4.79 Å². The van der Waals surface area contributed by atoms with Crippen LogP contribution in [0.4, 0.5) is 0 Å². The standard InChI is InChI=1S/C26H31N3O5/c1-15-2-4-19(5-3-15)23-27-22(34-28-23)14-33-24(31)21-9-20(30)13-29(21)25(32)26-10-16-6-17(11-26)8-18(7-16)12-26/h2-5,16-18,20-21,30H,6-14H2,1H3/t16?,17?,18?,20?,21-,26?/m0/s1. The third-order valence-electron chi connectivity index (χ3n) is 8.42. The molecule has 5 fully saturated rings. The van der Waals surface area contributed by atoms with E-state index >= 15 is 0 Å². The van der Waals surface area contributed by atoms with Crippen molar-refractivity contribution in [2.45, 2.75) is 70.6 Å². The van der Waals surface area contributed by atoms with Crippen LogP contribution in [0.2, 0.25) is 0 Å². The van der Waals surface area contributed by atoms with Crippen LogP contribution in [-0.2, 0) is 20.9 Å². The minimum Gasteiger partial charge on any atom is -0.454 e. The molecule has 4 aliphatic carbocycles. The van der Waals surface area contributed by atoms with Gasteiger partial charge in [0.2, 0.25) is 11.7 Å². The number of β-amino-alcohol motifs (C(OH)–C–C–N with tert-alkyl or cyclic N) is 1. The summed E-state index contributed by atoms with van der Waals surface area (Å²) in [7, 11) is 0. The minimum absolute atomic E-state index is 0.0459. The first-order valence-electron chi connectivity index (χ1n) is 12.4. The molecule has 8 heteroatoms. The lowest BCUT2D eigenvalue weighted by Crippen LogP contribution is -2.56. The van der Waals surface area contributed by atoms with E-state index in [0.717, 1.165) is 30.4 Å². The zero-order valence-electron chi connectivity index (χ0n) is 19.5. The van der Waals surface area contributed by atoms with Gasteiger partial charge in [-0.15, -0.1) is 0 Å². The first kappa shape index (κ1) is 21.8. The molecule has 4 saturated carbocycles. The number of aromatic nitrogens is 2. The smallest absolute Gasteiger partial charge is 0.329 e. The lowest BCUT2D eigenvalue weighted by Gasteiger charge is -2.56. The maximum absolute atomic E-state index is 13.8. The van der Waals surface area contributed by atoms with Crippen LogP contribution in [0, 0.1) is 30.1 Å². The molecule has 2 heterocycles. The Balaban J connectivity index is 1.13. The van der Waals surface area contributed by atoms with Crippen LogP contribution in [0.5, 0.6) is 0 Å². The second kappa shape index (κ2) is 8.18. The molecule has 34 heavy (non-hydrogen) atoms. The highest BCUT2D eigenvalue weighted by Gasteiger charge is 2.57. The van der Waals surface area contributed by atoms with Gasteiger partial charge in [0.25, 0.3) is 5.89 Å². The second-order valence-electron chi connectivity index (χ2n) is 11.0. The predicted molar refractivity (Wildman–Crippen MR) is 121 cm³/mol. The van der Waals surface area contributed by atoms with Gasteiger partial charge < -0.3 is 19.3 Å². The highest BCUT2D eigenvalue weighted by Crippen LogP contribution is 2.60. The van der Waals surface area contributed by atoms with Gasteiger partial charge in [-0.2, -0.15) is 4.98 Å². The summed E-state index contributed by atoms with van der Waals surface area (Å²) in [4.78, 5) is 32.7. The number of hydrogen-bond acceptors (Lipinski definition) is 7. The number of esters is 1. The number of aliphatic hydroxyl groups excluding tert-OH is 1. The van der Waals surface area contributed by atoms with E-state index in [4.69, 9.17) is 9.26 Å². The van der Waals surface area contributed by atoms with Crippen molar-refractivity contribution in [1.29, 1.82) is 0 Å². The Labute approximate surface area is 198 Å². The molecule has 0 spiro atoms. The number of likely N-dealkylation sites (tertiary alicyclic amines) is 1. The summed E-state index contributed by atoms with van der Waals surface area (Å²) >= 11 is 0. The molecule has 1 aliphatic heterocycles. The molecule has 2 atom stereocenters. The summed E-state index contributed by atoms with van der Waals surface area (Å²) in [5.74, 6) is 2.05. The first-order valence-corrected chi connectivity index (χ1v) is 12.4. The SMILES string of the molecule is Cc1ccc(-c2noc(COC(=O)[C@@H]3CC(O)CN3C(=O)C34CC5CC(CC(C5)C3)C4)n2)cc1. The monoisotopic (exact) mass is 465 g/mol. The summed E-state index contributed by atoms with van der Waals surface area (Å²) in [6, 6.07) is 6.97. The summed E-state index contributed by atoms with van der Waals surface area (Å²) in [5.41, 5.74) is 1.60. The number of amides is 1. The third-order valence-corrected chi connectivity index (χ3v) is 8.42. The van der Waals surface area contributed by atoms with Crippen molar-refractivity contribution >= 4 is 11.9 Å². The Morgan fingerprint density at radius 1 is 1.09 bits per heavy atom. The Morgan fingerprint density at radius 3 is 2.38 bits per heavy atom. The molecular weight excluding hydrogens is 434 g/mol. The number of ether oxygens (including phenoxy) is 1. The zero-order valence-corrected chi connectivity index (χ0v) is 19.5. The molecule has 1 aromatic carbocycles. The molecule has 7 rings (SSSR count). The largest absolute Gasteiger partial charge is 0.454 e. The fourth-order valence-electron chi connectivity index (χ4n) is 7.30. The molecule has 2 aromatic rings. The molecular formula is C26H31N3O5. The minimum atomic E-state index is -0.769. The van der Waals surface area contributed by atoms with Gasteiger partial charge >= 0.3 is 5.97 Å². The molecule has 1 aromatic heterocycles. The summed E-state index contributed by atoms with van der Waals surface area (Å²) in [6.45, 7) is 2.03. The number of aliphatic hydroxyl groups is 1. The van der Waals surface area contributed by atoms with Crippen molar-refractivity contribution in [3.05, 3.63) is 35.7 Å². The third kappa shape index (κ3) is 3.82. The van der Waals surface area contributed by atoms with Crippen LogP contribution in [0.1, 0.15) is 56.4 Å². The van der Waals surface area contributed by atoms with Gasteiger partial charge in [0.15, 0.2) is 6.61 Å². The van der Waals surface area contributed by atoms with E-state index in [1.165, 1.54) is 19.3 Å². The molecule has 0 radical (unpaired) electrons. The number of aryl methyl sites for hydroxylation is 1. The highest BCUT2D eigenvalue weighted by molar-refractivity contribution is 5.89.